The second-order valence-corrected chi connectivity index (χ2v) is 7.34. The van der Waals surface area contributed by atoms with Crippen LogP contribution in [0.15, 0.2) is 34.7 Å². The molecule has 0 radical (unpaired) electrons. The van der Waals surface area contributed by atoms with Gasteiger partial charge in [0.25, 0.3) is 11.5 Å². The van der Waals surface area contributed by atoms with E-state index in [1.54, 1.807) is 23.8 Å². The van der Waals surface area contributed by atoms with Crippen molar-refractivity contribution in [2.75, 3.05) is 18.5 Å². The number of thiazole rings is 1. The number of anilines is 1. The molecule has 0 aliphatic carbocycles. The molecule has 0 saturated heterocycles. The highest BCUT2D eigenvalue weighted by atomic mass is 32.1. The van der Waals surface area contributed by atoms with Gasteiger partial charge in [-0.2, -0.15) is 0 Å². The number of likely N-dealkylation sites (N-methyl/N-ethyl adjacent to an activating group) is 1. The van der Waals surface area contributed by atoms with Crippen LogP contribution in [0.3, 0.4) is 0 Å². The molecular formula is C18H16N4O5S. The minimum absolute atomic E-state index is 0.164. The van der Waals surface area contributed by atoms with E-state index in [-0.39, 0.29) is 12.6 Å². The first kappa shape index (κ1) is 18.0. The van der Waals surface area contributed by atoms with Crippen molar-refractivity contribution in [2.45, 2.75) is 12.6 Å². The minimum Gasteiger partial charge on any atom is -0.506 e. The summed E-state index contributed by atoms with van der Waals surface area (Å²) in [5, 5.41) is 21.9. The summed E-state index contributed by atoms with van der Waals surface area (Å²) < 4.78 is 1.46. The quantitative estimate of drug-likeness (QED) is 0.600. The molecule has 28 heavy (non-hydrogen) atoms. The molecule has 1 unspecified atom stereocenters. The van der Waals surface area contributed by atoms with Crippen molar-refractivity contribution in [1.82, 2.24) is 14.9 Å². The molecule has 1 amide bonds. The molecular weight excluding hydrogens is 384 g/mol. The SMILES string of the molecule is CN1c2cccc3c(O)c(C(=O)NCC(=O)O)c(=O)n(c23)CC1c1cncs1. The highest BCUT2D eigenvalue weighted by Gasteiger charge is 2.32. The minimum atomic E-state index is -1.25. The Kier molecular flexibility index (Phi) is 4.27. The van der Waals surface area contributed by atoms with Crippen molar-refractivity contribution in [3.63, 3.8) is 0 Å². The Labute approximate surface area is 162 Å². The number of aliphatic carboxylic acids is 1. The Bertz CT molecular complexity index is 1150. The summed E-state index contributed by atoms with van der Waals surface area (Å²) in [7, 11) is 1.90. The molecule has 1 atom stereocenters. The number of amides is 1. The number of pyridine rings is 1. The lowest BCUT2D eigenvalue weighted by molar-refractivity contribution is -0.135. The molecule has 3 N–H and O–H groups in total. The maximum atomic E-state index is 13.1. The third kappa shape index (κ3) is 2.69. The van der Waals surface area contributed by atoms with Gasteiger partial charge in [0.15, 0.2) is 0 Å². The van der Waals surface area contributed by atoms with E-state index in [4.69, 9.17) is 5.11 Å². The molecule has 144 valence electrons. The van der Waals surface area contributed by atoms with Gasteiger partial charge in [0.2, 0.25) is 0 Å². The molecule has 0 bridgehead atoms. The summed E-state index contributed by atoms with van der Waals surface area (Å²) in [6.45, 7) is -0.382. The van der Waals surface area contributed by atoms with E-state index in [0.717, 1.165) is 10.6 Å². The van der Waals surface area contributed by atoms with E-state index < -0.39 is 35.3 Å². The van der Waals surface area contributed by atoms with Gasteiger partial charge in [-0.1, -0.05) is 6.07 Å². The number of aromatic hydroxyl groups is 1. The zero-order valence-corrected chi connectivity index (χ0v) is 15.6. The van der Waals surface area contributed by atoms with E-state index in [2.05, 4.69) is 10.3 Å². The van der Waals surface area contributed by atoms with E-state index in [0.29, 0.717) is 10.9 Å². The normalized spacial score (nSPS) is 15.6. The van der Waals surface area contributed by atoms with Gasteiger partial charge in [0.05, 0.1) is 29.3 Å². The number of rotatable bonds is 4. The van der Waals surface area contributed by atoms with Crippen molar-refractivity contribution < 1.29 is 19.8 Å². The molecule has 4 rings (SSSR count). The van der Waals surface area contributed by atoms with Crippen molar-refractivity contribution in [3.05, 3.63) is 50.7 Å². The highest BCUT2D eigenvalue weighted by Crippen LogP contribution is 2.40. The molecule has 1 aliphatic rings. The number of carbonyl (C=O) groups excluding carboxylic acids is 1. The monoisotopic (exact) mass is 400 g/mol. The number of para-hydroxylation sites is 1. The molecule has 9 nitrogen and oxygen atoms in total. The maximum absolute atomic E-state index is 13.1. The van der Waals surface area contributed by atoms with Gasteiger partial charge in [-0.25, -0.2) is 0 Å². The number of carboxylic acids is 1. The summed E-state index contributed by atoms with van der Waals surface area (Å²) >= 11 is 1.47. The molecule has 0 saturated carbocycles. The molecule has 3 aromatic rings. The Balaban J connectivity index is 1.92. The number of nitrogens with one attached hydrogen (secondary N) is 1. The van der Waals surface area contributed by atoms with E-state index in [9.17, 15) is 19.5 Å². The summed E-state index contributed by atoms with van der Waals surface area (Å²) in [5.41, 5.74) is 1.86. The predicted molar refractivity (Wildman–Crippen MR) is 103 cm³/mol. The van der Waals surface area contributed by atoms with E-state index in [1.807, 2.05) is 18.0 Å². The number of benzene rings is 1. The Hall–Kier alpha value is -3.40. The van der Waals surface area contributed by atoms with Crippen LogP contribution in [0.1, 0.15) is 21.3 Å². The molecule has 2 aromatic heterocycles. The lowest BCUT2D eigenvalue weighted by Gasteiger charge is -2.36. The number of carboxylic acid groups (broad SMARTS) is 1. The Morgan fingerprint density at radius 3 is 2.86 bits per heavy atom. The fourth-order valence-electron chi connectivity index (χ4n) is 3.52. The van der Waals surface area contributed by atoms with Crippen LogP contribution in [0, 0.1) is 0 Å². The standard InChI is InChI=1S/C18H16N4O5S/c1-21-10-4-2-3-9-15(10)22(7-11(21)12-5-19-8-28-12)18(27)14(16(9)25)17(26)20-6-13(23)24/h2-5,8,11,25H,6-7H2,1H3,(H,20,26)(H,23,24). The fourth-order valence-corrected chi connectivity index (χ4v) is 4.28. The molecule has 0 fully saturated rings. The van der Waals surface area contributed by atoms with E-state index in [1.165, 1.54) is 15.9 Å². The number of aromatic nitrogens is 2. The predicted octanol–water partition coefficient (Wildman–Crippen LogP) is 1.17. The third-order valence-electron chi connectivity index (χ3n) is 4.85. The van der Waals surface area contributed by atoms with Gasteiger partial charge in [-0.3, -0.25) is 19.4 Å². The zero-order chi connectivity index (χ0) is 20.0. The first-order valence-corrected chi connectivity index (χ1v) is 9.27. The molecule has 0 spiro atoms. The van der Waals surface area contributed by atoms with Gasteiger partial charge in [-0.05, 0) is 12.1 Å². The average Bonchev–Trinajstić information content (AvgIpc) is 3.20. The van der Waals surface area contributed by atoms with Gasteiger partial charge in [0, 0.05) is 23.5 Å². The van der Waals surface area contributed by atoms with Crippen LogP contribution in [-0.4, -0.2) is 45.2 Å². The van der Waals surface area contributed by atoms with Crippen molar-refractivity contribution in [1.29, 1.82) is 0 Å². The van der Waals surface area contributed by atoms with Crippen molar-refractivity contribution >= 4 is 39.8 Å². The lowest BCUT2D eigenvalue weighted by atomic mass is 10.0. The second-order valence-electron chi connectivity index (χ2n) is 6.42. The summed E-state index contributed by atoms with van der Waals surface area (Å²) in [4.78, 5) is 43.3. The smallest absolute Gasteiger partial charge is 0.322 e. The Morgan fingerprint density at radius 2 is 2.18 bits per heavy atom. The number of carbonyl (C=O) groups is 2. The van der Waals surface area contributed by atoms with E-state index >= 15 is 0 Å². The number of hydrogen-bond acceptors (Lipinski definition) is 7. The zero-order valence-electron chi connectivity index (χ0n) is 14.7. The van der Waals surface area contributed by atoms with Gasteiger partial charge in [-0.15, -0.1) is 11.3 Å². The summed E-state index contributed by atoms with van der Waals surface area (Å²) in [5.74, 6) is -2.62. The molecule has 3 heterocycles. The van der Waals surface area contributed by atoms with Crippen LogP contribution >= 0.6 is 11.3 Å². The Morgan fingerprint density at radius 1 is 1.39 bits per heavy atom. The van der Waals surface area contributed by atoms with Crippen LogP contribution in [0.4, 0.5) is 5.69 Å². The number of hydrogen-bond donors (Lipinski definition) is 3. The van der Waals surface area contributed by atoms with Gasteiger partial charge < -0.3 is 25.0 Å². The van der Waals surface area contributed by atoms with Crippen LogP contribution in [0.2, 0.25) is 0 Å². The first-order chi connectivity index (χ1) is 13.4. The van der Waals surface area contributed by atoms with Gasteiger partial charge in [0.1, 0.15) is 17.9 Å². The van der Waals surface area contributed by atoms with Crippen LogP contribution < -0.4 is 15.8 Å². The summed E-state index contributed by atoms with van der Waals surface area (Å²) in [6, 6.07) is 5.04. The molecule has 10 heteroatoms. The second kappa shape index (κ2) is 6.64. The molecule has 1 aliphatic heterocycles. The first-order valence-electron chi connectivity index (χ1n) is 8.39. The number of nitrogens with zero attached hydrogens (tertiary/aromatic N) is 3. The average molecular weight is 400 g/mol. The topological polar surface area (TPSA) is 125 Å². The van der Waals surface area contributed by atoms with Crippen molar-refractivity contribution in [3.8, 4) is 5.75 Å². The van der Waals surface area contributed by atoms with Crippen molar-refractivity contribution in [2.24, 2.45) is 0 Å². The molecule has 1 aromatic carbocycles. The lowest BCUT2D eigenvalue weighted by Crippen LogP contribution is -2.40. The van der Waals surface area contributed by atoms with Crippen LogP contribution in [-0.2, 0) is 11.3 Å². The maximum Gasteiger partial charge on any atom is 0.322 e. The fraction of sp³-hybridized carbons (Fsp3) is 0.222. The third-order valence-corrected chi connectivity index (χ3v) is 5.72. The van der Waals surface area contributed by atoms with Crippen LogP contribution in [0.5, 0.6) is 5.75 Å². The highest BCUT2D eigenvalue weighted by molar-refractivity contribution is 7.09. The summed E-state index contributed by atoms with van der Waals surface area (Å²) in [6.07, 6.45) is 1.74. The largest absolute Gasteiger partial charge is 0.506 e. The van der Waals surface area contributed by atoms with Gasteiger partial charge >= 0.3 is 5.97 Å². The van der Waals surface area contributed by atoms with Crippen LogP contribution in [0.25, 0.3) is 10.9 Å².